The van der Waals surface area contributed by atoms with Gasteiger partial charge in [0.15, 0.2) is 0 Å². The zero-order valence-electron chi connectivity index (χ0n) is 12.8. The summed E-state index contributed by atoms with van der Waals surface area (Å²) in [6, 6.07) is 8.36. The number of hydrogen-bond donors (Lipinski definition) is 2. The van der Waals surface area contributed by atoms with E-state index in [0.717, 1.165) is 6.20 Å². The van der Waals surface area contributed by atoms with E-state index in [0.29, 0.717) is 22.2 Å². The fourth-order valence-electron chi connectivity index (χ4n) is 2.28. The first-order valence-corrected chi connectivity index (χ1v) is 7.14. The summed E-state index contributed by atoms with van der Waals surface area (Å²) in [4.78, 5) is 35.7. The molecule has 24 heavy (non-hydrogen) atoms. The van der Waals surface area contributed by atoms with Gasteiger partial charge in [-0.15, -0.1) is 0 Å². The van der Waals surface area contributed by atoms with E-state index in [1.54, 1.807) is 31.2 Å². The summed E-state index contributed by atoms with van der Waals surface area (Å²) in [6.45, 7) is 1.50. The first kappa shape index (κ1) is 15.5. The van der Waals surface area contributed by atoms with Gasteiger partial charge in [0.2, 0.25) is 5.43 Å². The maximum atomic E-state index is 12.0. The number of para-hydroxylation sites is 1. The Balaban J connectivity index is 1.70. The summed E-state index contributed by atoms with van der Waals surface area (Å²) < 4.78 is 6.42. The van der Waals surface area contributed by atoms with E-state index in [-0.39, 0.29) is 12.0 Å². The lowest BCUT2D eigenvalue weighted by Gasteiger charge is -2.10. The zero-order valence-corrected chi connectivity index (χ0v) is 12.8. The molecule has 0 saturated heterocycles. The van der Waals surface area contributed by atoms with Gasteiger partial charge in [0, 0.05) is 5.39 Å². The van der Waals surface area contributed by atoms with Gasteiger partial charge >= 0.3 is 0 Å². The van der Waals surface area contributed by atoms with Crippen LogP contribution < -0.4 is 16.3 Å². The van der Waals surface area contributed by atoms with E-state index in [1.807, 2.05) is 0 Å². The Labute approximate surface area is 136 Å². The number of carbonyl (C=O) groups excluding carboxylic acids is 2. The molecule has 0 saturated carbocycles. The van der Waals surface area contributed by atoms with Gasteiger partial charge in [0.1, 0.15) is 12.3 Å². The van der Waals surface area contributed by atoms with Crippen LogP contribution in [-0.2, 0) is 11.3 Å². The Bertz CT molecular complexity index is 973. The molecule has 8 heteroatoms. The lowest BCUT2D eigenvalue weighted by molar-refractivity contribution is -0.122. The number of amides is 2. The van der Waals surface area contributed by atoms with Crippen LogP contribution in [0.2, 0.25) is 0 Å². The molecule has 2 heterocycles. The lowest BCUT2D eigenvalue weighted by Crippen LogP contribution is -2.43. The van der Waals surface area contributed by atoms with Gasteiger partial charge < -0.3 is 4.42 Å². The lowest BCUT2D eigenvalue weighted by atomic mass is 10.2. The molecular weight excluding hydrogens is 312 g/mol. The molecule has 3 aromatic rings. The largest absolute Gasteiger partial charge is 0.469 e. The molecule has 2 N–H and O–H groups in total. The smallest absolute Gasteiger partial charge is 0.273 e. The summed E-state index contributed by atoms with van der Waals surface area (Å²) in [5.74, 6) is -0.507. The van der Waals surface area contributed by atoms with Crippen LogP contribution in [0.3, 0.4) is 0 Å². The molecule has 0 radical (unpaired) electrons. The van der Waals surface area contributed by atoms with Crippen LogP contribution in [0.1, 0.15) is 16.1 Å². The fourth-order valence-corrected chi connectivity index (χ4v) is 2.28. The topological polar surface area (TPSA) is 106 Å². The van der Waals surface area contributed by atoms with E-state index < -0.39 is 11.8 Å². The molecule has 1 aromatic carbocycles. The van der Waals surface area contributed by atoms with Gasteiger partial charge in [-0.3, -0.25) is 29.9 Å². The van der Waals surface area contributed by atoms with Gasteiger partial charge in [-0.1, -0.05) is 12.1 Å². The number of rotatable bonds is 3. The van der Waals surface area contributed by atoms with E-state index in [4.69, 9.17) is 4.42 Å². The van der Waals surface area contributed by atoms with Crippen LogP contribution in [0.5, 0.6) is 0 Å². The van der Waals surface area contributed by atoms with Crippen LogP contribution in [0.15, 0.2) is 52.0 Å². The molecule has 0 unspecified atom stereocenters. The Hall–Kier alpha value is -3.42. The van der Waals surface area contributed by atoms with Crippen molar-refractivity contribution in [1.82, 2.24) is 20.6 Å². The molecule has 122 valence electrons. The highest BCUT2D eigenvalue weighted by atomic mass is 16.3. The van der Waals surface area contributed by atoms with Crippen LogP contribution in [-0.4, -0.2) is 21.6 Å². The molecule has 0 fully saturated rings. The molecule has 3 rings (SSSR count). The number of aromatic nitrogens is 2. The van der Waals surface area contributed by atoms with Crippen molar-refractivity contribution < 1.29 is 14.0 Å². The van der Waals surface area contributed by atoms with Crippen molar-refractivity contribution in [2.24, 2.45) is 0 Å². The Morgan fingerprint density at radius 3 is 2.75 bits per heavy atom. The molecule has 0 bridgehead atoms. The number of nitrogens with zero attached hydrogens (tertiary/aromatic N) is 2. The highest BCUT2D eigenvalue weighted by Gasteiger charge is 2.13. The Morgan fingerprint density at radius 1 is 1.21 bits per heavy atom. The van der Waals surface area contributed by atoms with Gasteiger partial charge in [-0.2, -0.15) is 5.10 Å². The average molecular weight is 326 g/mol. The standard InChI is InChI=1S/C16H14N4O4/c1-10-11(6-7-24-10)16(23)19-18-15(22)9-20-13-5-3-2-4-12(13)14(21)8-17-20/h2-8H,9H2,1H3,(H,18,22)(H,19,23). The SMILES string of the molecule is Cc1occc1C(=O)NNC(=O)Cn1ncc(=O)c2ccccc21. The second-order valence-corrected chi connectivity index (χ2v) is 5.08. The maximum absolute atomic E-state index is 12.0. The number of hydrogen-bond acceptors (Lipinski definition) is 5. The highest BCUT2D eigenvalue weighted by molar-refractivity contribution is 5.96. The Kier molecular flexibility index (Phi) is 4.11. The summed E-state index contributed by atoms with van der Waals surface area (Å²) in [5.41, 5.74) is 5.27. The van der Waals surface area contributed by atoms with Gasteiger partial charge in [-0.05, 0) is 25.1 Å². The van der Waals surface area contributed by atoms with Crippen LogP contribution in [0, 0.1) is 6.92 Å². The molecule has 2 aromatic heterocycles. The number of aryl methyl sites for hydroxylation is 1. The number of fused-ring (bicyclic) bond motifs is 1. The maximum Gasteiger partial charge on any atom is 0.273 e. The average Bonchev–Trinajstić information content (AvgIpc) is 3.02. The normalized spacial score (nSPS) is 10.5. The summed E-state index contributed by atoms with van der Waals surface area (Å²) in [6.07, 6.45) is 2.55. The van der Waals surface area contributed by atoms with Crippen molar-refractivity contribution >= 4 is 22.7 Å². The van der Waals surface area contributed by atoms with Crippen molar-refractivity contribution in [3.05, 3.63) is 64.3 Å². The zero-order chi connectivity index (χ0) is 17.1. The van der Waals surface area contributed by atoms with Crippen molar-refractivity contribution in [3.8, 4) is 0 Å². The predicted octanol–water partition coefficient (Wildman–Crippen LogP) is 0.759. The van der Waals surface area contributed by atoms with Crippen molar-refractivity contribution in [1.29, 1.82) is 0 Å². The third kappa shape index (κ3) is 3.02. The van der Waals surface area contributed by atoms with Crippen molar-refractivity contribution in [3.63, 3.8) is 0 Å². The molecule has 0 aliphatic carbocycles. The second kappa shape index (κ2) is 6.37. The van der Waals surface area contributed by atoms with Gasteiger partial charge in [-0.25, -0.2) is 0 Å². The van der Waals surface area contributed by atoms with E-state index in [2.05, 4.69) is 16.0 Å². The third-order valence-corrected chi connectivity index (χ3v) is 3.47. The number of benzene rings is 1. The molecule has 0 aliphatic rings. The quantitative estimate of drug-likeness (QED) is 0.691. The number of carbonyl (C=O) groups is 2. The Morgan fingerprint density at radius 2 is 2.00 bits per heavy atom. The number of furan rings is 1. The highest BCUT2D eigenvalue weighted by Crippen LogP contribution is 2.08. The molecule has 8 nitrogen and oxygen atoms in total. The molecule has 0 atom stereocenters. The fraction of sp³-hybridized carbons (Fsp3) is 0.125. The van der Waals surface area contributed by atoms with Crippen LogP contribution in [0.4, 0.5) is 0 Å². The van der Waals surface area contributed by atoms with E-state index >= 15 is 0 Å². The minimum Gasteiger partial charge on any atom is -0.469 e. The molecular formula is C16H14N4O4. The van der Waals surface area contributed by atoms with Crippen LogP contribution in [0.25, 0.3) is 10.9 Å². The van der Waals surface area contributed by atoms with Gasteiger partial charge in [0.25, 0.3) is 11.8 Å². The summed E-state index contributed by atoms with van der Waals surface area (Å²) in [5, 5.41) is 4.42. The molecule has 0 aliphatic heterocycles. The minimum absolute atomic E-state index is 0.147. The monoisotopic (exact) mass is 326 g/mol. The van der Waals surface area contributed by atoms with E-state index in [1.165, 1.54) is 17.0 Å². The van der Waals surface area contributed by atoms with Crippen molar-refractivity contribution in [2.45, 2.75) is 13.5 Å². The summed E-state index contributed by atoms with van der Waals surface area (Å²) in [7, 11) is 0. The molecule has 2 amide bonds. The molecule has 0 spiro atoms. The van der Waals surface area contributed by atoms with Crippen LogP contribution >= 0.6 is 0 Å². The van der Waals surface area contributed by atoms with Gasteiger partial charge in [0.05, 0.1) is 23.5 Å². The predicted molar refractivity (Wildman–Crippen MR) is 85.1 cm³/mol. The number of nitrogens with one attached hydrogen (secondary N) is 2. The van der Waals surface area contributed by atoms with E-state index in [9.17, 15) is 14.4 Å². The first-order chi connectivity index (χ1) is 11.6. The second-order valence-electron chi connectivity index (χ2n) is 5.08. The third-order valence-electron chi connectivity index (χ3n) is 3.47. The van der Waals surface area contributed by atoms with Crippen molar-refractivity contribution in [2.75, 3.05) is 0 Å². The minimum atomic E-state index is -0.481. The summed E-state index contributed by atoms with van der Waals surface area (Å²) >= 11 is 0. The number of hydrazine groups is 1. The first-order valence-electron chi connectivity index (χ1n) is 7.14.